The Hall–Kier alpha value is -3.52. The monoisotopic (exact) mass is 866 g/mol. The Morgan fingerprint density at radius 2 is 1.11 bits per heavy atom. The summed E-state index contributed by atoms with van der Waals surface area (Å²) >= 11 is 1.65. The average Bonchev–Trinajstić information content (AvgIpc) is 3.86. The molecule has 0 aromatic heterocycles. The molecule has 6 aromatic rings. The van der Waals surface area contributed by atoms with Crippen LogP contribution >= 0.6 is 24.8 Å². The van der Waals surface area contributed by atoms with Gasteiger partial charge in [0, 0.05) is 0 Å². The molecule has 0 amide bonds. The van der Waals surface area contributed by atoms with Crippen LogP contribution in [0.1, 0.15) is 81.3 Å². The summed E-state index contributed by atoms with van der Waals surface area (Å²) in [6.45, 7) is 18.2. The minimum absolute atomic E-state index is 0. The van der Waals surface area contributed by atoms with Crippen molar-refractivity contribution < 1.29 is 23.3 Å². The molecular formula is C52H54Cl2SiZr. The molecule has 56 heavy (non-hydrogen) atoms. The quantitative estimate of drug-likeness (QED) is 0.122. The molecule has 0 bridgehead atoms. The Labute approximate surface area is 364 Å². The summed E-state index contributed by atoms with van der Waals surface area (Å²) in [5.41, 5.74) is 15.7. The van der Waals surface area contributed by atoms with Gasteiger partial charge in [0.05, 0.1) is 0 Å². The second-order valence-corrected chi connectivity index (χ2v) is 22.1. The van der Waals surface area contributed by atoms with Crippen molar-refractivity contribution in [2.24, 2.45) is 0 Å². The van der Waals surface area contributed by atoms with Crippen molar-refractivity contribution in [3.63, 3.8) is 0 Å². The van der Waals surface area contributed by atoms with Crippen molar-refractivity contribution in [1.29, 1.82) is 0 Å². The third kappa shape index (κ3) is 11.1. The van der Waals surface area contributed by atoms with Crippen LogP contribution in [0.5, 0.6) is 0 Å². The molecule has 0 radical (unpaired) electrons. The van der Waals surface area contributed by atoms with Crippen molar-refractivity contribution in [2.45, 2.75) is 79.1 Å². The van der Waals surface area contributed by atoms with Gasteiger partial charge in [-0.3, -0.25) is 6.08 Å². The van der Waals surface area contributed by atoms with Crippen molar-refractivity contribution in [2.75, 3.05) is 0 Å². The zero-order valence-corrected chi connectivity index (χ0v) is 39.2. The number of rotatable bonds is 4. The Kier molecular flexibility index (Phi) is 15.9. The van der Waals surface area contributed by atoms with Crippen LogP contribution in [-0.4, -0.2) is 5.43 Å². The van der Waals surface area contributed by atoms with Gasteiger partial charge in [0.1, 0.15) is 0 Å². The van der Waals surface area contributed by atoms with E-state index in [-0.39, 0.29) is 35.6 Å². The first kappa shape index (κ1) is 45.2. The molecule has 2 aliphatic rings. The van der Waals surface area contributed by atoms with E-state index in [1.807, 2.05) is 12.2 Å². The first-order valence-electron chi connectivity index (χ1n) is 19.1. The van der Waals surface area contributed by atoms with Gasteiger partial charge >= 0.3 is 113 Å². The zero-order chi connectivity index (χ0) is 38.5. The van der Waals surface area contributed by atoms with Crippen LogP contribution in [0, 0.1) is 26.0 Å². The molecule has 0 spiro atoms. The number of hydrogen-bond donors (Lipinski definition) is 0. The standard InChI is InChI=1S/C33H33.C14H14Si.C5H5.2ClH.Zr/c1-32(2,3)30-20-26-24(18-28(30)22-13-9-7-10-14-22)17-25-19-29(23-15-11-8-12-16-23)31(21-27(25)26)33(4,5)6;1-11-5-3-7-13(9-11)15-14-8-4-6-12(2)10-14;1-2-4-5-3-1;;;/h7-16,18,20-21H,17H2,1-6H3;3-10H,1-2H3;1-3H,4H2;2*1H;/q-1;;-1;;;+2. The van der Waals surface area contributed by atoms with Gasteiger partial charge in [-0.05, 0) is 39.5 Å². The van der Waals surface area contributed by atoms with Gasteiger partial charge in [0.15, 0.2) is 0 Å². The predicted molar refractivity (Wildman–Crippen MR) is 245 cm³/mol. The minimum Gasteiger partial charge on any atom is -0.273 e. The molecule has 284 valence electrons. The summed E-state index contributed by atoms with van der Waals surface area (Å²) < 4.78 is 0. The fourth-order valence-electron chi connectivity index (χ4n) is 7.21. The molecule has 0 unspecified atom stereocenters. The van der Waals surface area contributed by atoms with Crippen molar-refractivity contribution in [3.8, 4) is 33.4 Å². The van der Waals surface area contributed by atoms with Crippen LogP contribution in [-0.2, 0) is 40.6 Å². The number of benzene rings is 6. The molecule has 0 atom stereocenters. The van der Waals surface area contributed by atoms with Gasteiger partial charge < -0.3 is 0 Å². The van der Waals surface area contributed by atoms with Gasteiger partial charge in [0.2, 0.25) is 0 Å². The molecule has 0 saturated carbocycles. The van der Waals surface area contributed by atoms with E-state index in [1.165, 1.54) is 77.1 Å². The summed E-state index contributed by atoms with van der Waals surface area (Å²) in [5, 5.41) is 3.07. The third-order valence-electron chi connectivity index (χ3n) is 10.0. The molecule has 6 aromatic carbocycles. The van der Waals surface area contributed by atoms with E-state index in [1.54, 1.807) is 23.3 Å². The van der Waals surface area contributed by atoms with Gasteiger partial charge in [-0.25, -0.2) is 12.2 Å². The van der Waals surface area contributed by atoms with E-state index in [2.05, 4.69) is 201 Å². The Balaban J connectivity index is 0.000000252. The molecule has 4 heteroatoms. The van der Waals surface area contributed by atoms with Crippen molar-refractivity contribution >= 4 is 40.6 Å². The molecule has 0 heterocycles. The number of fused-ring (bicyclic) bond motifs is 3. The molecule has 8 rings (SSSR count). The minimum atomic E-state index is -0.499. The third-order valence-corrected chi connectivity index (χ3v) is 16.1. The van der Waals surface area contributed by atoms with Crippen molar-refractivity contribution in [3.05, 3.63) is 191 Å². The van der Waals surface area contributed by atoms with E-state index in [4.69, 9.17) is 0 Å². The molecule has 0 aliphatic heterocycles. The zero-order valence-electron chi connectivity index (χ0n) is 34.1. The van der Waals surface area contributed by atoms with E-state index in [0.717, 1.165) is 12.8 Å². The first-order valence-corrected chi connectivity index (χ1v) is 24.3. The summed E-state index contributed by atoms with van der Waals surface area (Å²) in [7, 11) is 0. The van der Waals surface area contributed by atoms with Gasteiger partial charge in [-0.1, -0.05) is 131 Å². The molecule has 2 aliphatic carbocycles. The molecular weight excluding hydrogens is 815 g/mol. The van der Waals surface area contributed by atoms with Gasteiger partial charge in [-0.15, -0.1) is 60.1 Å². The van der Waals surface area contributed by atoms with E-state index >= 15 is 0 Å². The fourth-order valence-corrected chi connectivity index (χ4v) is 11.1. The molecule has 0 fully saturated rings. The van der Waals surface area contributed by atoms with Crippen LogP contribution in [0.3, 0.4) is 0 Å². The first-order chi connectivity index (χ1) is 25.8. The van der Waals surface area contributed by atoms with E-state index in [0.29, 0.717) is 0 Å². The summed E-state index contributed by atoms with van der Waals surface area (Å²) in [6, 6.07) is 50.8. The summed E-state index contributed by atoms with van der Waals surface area (Å²) in [4.78, 5) is 0. The molecule has 0 N–H and O–H groups in total. The molecule has 0 nitrogen and oxygen atoms in total. The molecule has 0 saturated heterocycles. The van der Waals surface area contributed by atoms with E-state index in [9.17, 15) is 0 Å². The second kappa shape index (κ2) is 19.8. The predicted octanol–water partition coefficient (Wildman–Crippen LogP) is 13.1. The smallest absolute Gasteiger partial charge is 0.109 e. The average molecular weight is 869 g/mol. The Bertz CT molecular complexity index is 2160. The van der Waals surface area contributed by atoms with Crippen LogP contribution in [0.2, 0.25) is 0 Å². The maximum absolute atomic E-state index is 3.88. The largest absolute Gasteiger partial charge is 0.273 e. The Morgan fingerprint density at radius 1 is 0.571 bits per heavy atom. The fraction of sp³-hybridized carbons (Fsp3) is 0.231. The normalized spacial score (nSPS) is 12.2. The van der Waals surface area contributed by atoms with Gasteiger partial charge in [-0.2, -0.15) is 6.08 Å². The summed E-state index contributed by atoms with van der Waals surface area (Å²) in [6.07, 6.45) is 10.9. The number of allylic oxidation sites excluding steroid dienone is 4. The second-order valence-electron chi connectivity index (χ2n) is 16.5. The topological polar surface area (TPSA) is 0 Å². The number of halogens is 2. The number of hydrogen-bond acceptors (Lipinski definition) is 0. The van der Waals surface area contributed by atoms with Crippen molar-refractivity contribution in [1.82, 2.24) is 0 Å². The SMILES string of the molecule is CC(C)(C)c1cc2c([c-]c1-c1ccccc1)Cc1cc(-c3ccccc3)c(C(C)(C)C)cc1-2.Cc1cccc([Si](=[Zr+2])c2cccc(C)c2)c1.Cl.Cl.[C-]1=CC=CC1. The van der Waals surface area contributed by atoms with Crippen LogP contribution in [0.15, 0.2) is 146 Å². The van der Waals surface area contributed by atoms with Crippen LogP contribution in [0.25, 0.3) is 33.4 Å². The summed E-state index contributed by atoms with van der Waals surface area (Å²) in [5.74, 6) is 0. The van der Waals surface area contributed by atoms with Crippen LogP contribution in [0.4, 0.5) is 0 Å². The maximum Gasteiger partial charge on any atom is -0.109 e. The maximum atomic E-state index is 3.88. The number of aryl methyl sites for hydroxylation is 2. The van der Waals surface area contributed by atoms with Gasteiger partial charge in [0.25, 0.3) is 0 Å². The van der Waals surface area contributed by atoms with Crippen LogP contribution < -0.4 is 10.4 Å². The Morgan fingerprint density at radius 3 is 1.57 bits per heavy atom. The van der Waals surface area contributed by atoms with E-state index < -0.39 is 5.43 Å².